The van der Waals surface area contributed by atoms with Crippen molar-refractivity contribution in [2.24, 2.45) is 5.92 Å². The lowest BCUT2D eigenvalue weighted by Crippen LogP contribution is -2.49. The van der Waals surface area contributed by atoms with E-state index in [4.69, 9.17) is 0 Å². The van der Waals surface area contributed by atoms with Gasteiger partial charge in [0, 0.05) is 39.3 Å². The van der Waals surface area contributed by atoms with Crippen LogP contribution in [0.5, 0.6) is 0 Å². The van der Waals surface area contributed by atoms with Crippen molar-refractivity contribution in [1.82, 2.24) is 15.1 Å². The number of aldehydes is 1. The molecule has 0 amide bonds. The van der Waals surface area contributed by atoms with Crippen LogP contribution in [0.25, 0.3) is 0 Å². The van der Waals surface area contributed by atoms with E-state index >= 15 is 0 Å². The van der Waals surface area contributed by atoms with Crippen LogP contribution in [-0.2, 0) is 11.3 Å². The Morgan fingerprint density at radius 3 is 1.92 bits per heavy atom. The third-order valence-electron chi connectivity index (χ3n) is 6.95. The molecule has 1 heterocycles. The predicted molar refractivity (Wildman–Crippen MR) is 140 cm³/mol. The molecule has 6 heteroatoms. The normalized spacial score (nSPS) is 16.7. The second-order valence-corrected chi connectivity index (χ2v) is 9.79. The molecule has 0 spiro atoms. The summed E-state index contributed by atoms with van der Waals surface area (Å²) in [6.45, 7) is 7.35. The molecule has 2 atom stereocenters. The van der Waals surface area contributed by atoms with Gasteiger partial charge in [-0.2, -0.15) is 0 Å². The van der Waals surface area contributed by atoms with Crippen LogP contribution in [0.2, 0.25) is 0 Å². The zero-order chi connectivity index (χ0) is 25.3. The molecule has 1 aliphatic heterocycles. The fourth-order valence-electron chi connectivity index (χ4n) is 5.09. The van der Waals surface area contributed by atoms with Gasteiger partial charge in [0.1, 0.15) is 17.9 Å². The topological polar surface area (TPSA) is 35.6 Å². The number of piperazine rings is 1. The molecule has 3 aromatic carbocycles. The van der Waals surface area contributed by atoms with E-state index in [9.17, 15) is 13.6 Å². The summed E-state index contributed by atoms with van der Waals surface area (Å²) in [4.78, 5) is 16.5. The van der Waals surface area contributed by atoms with E-state index in [1.165, 1.54) is 29.8 Å². The van der Waals surface area contributed by atoms with Gasteiger partial charge >= 0.3 is 0 Å². The van der Waals surface area contributed by atoms with Gasteiger partial charge in [0.05, 0.1) is 12.1 Å². The lowest BCUT2D eigenvalue weighted by atomic mass is 9.96. The van der Waals surface area contributed by atoms with Crippen LogP contribution in [0.3, 0.4) is 0 Å². The third-order valence-corrected chi connectivity index (χ3v) is 6.95. The van der Waals surface area contributed by atoms with Gasteiger partial charge < -0.3 is 15.0 Å². The SMILES string of the molecule is CC(CC(C=O)NCc1ccccc1)CN1CCN(C(c2ccc(F)cc2)c2ccc(F)cc2)CC1. The molecular weight excluding hydrogens is 456 g/mol. The molecule has 2 unspecified atom stereocenters. The zero-order valence-electron chi connectivity index (χ0n) is 20.8. The highest BCUT2D eigenvalue weighted by Crippen LogP contribution is 2.30. The van der Waals surface area contributed by atoms with Crippen LogP contribution in [0.15, 0.2) is 78.9 Å². The Morgan fingerprint density at radius 1 is 0.833 bits per heavy atom. The average Bonchev–Trinajstić information content (AvgIpc) is 2.90. The first kappa shape index (κ1) is 26.1. The molecule has 4 nitrogen and oxygen atoms in total. The largest absolute Gasteiger partial charge is 0.304 e. The first-order chi connectivity index (χ1) is 17.5. The summed E-state index contributed by atoms with van der Waals surface area (Å²) in [5, 5.41) is 3.37. The van der Waals surface area contributed by atoms with Crippen LogP contribution in [-0.4, -0.2) is 54.9 Å². The van der Waals surface area contributed by atoms with Crippen molar-refractivity contribution in [2.75, 3.05) is 32.7 Å². The van der Waals surface area contributed by atoms with Crippen molar-refractivity contribution in [3.63, 3.8) is 0 Å². The van der Waals surface area contributed by atoms with Crippen molar-refractivity contribution in [3.05, 3.63) is 107 Å². The Labute approximate surface area is 212 Å². The number of halogens is 2. The number of benzene rings is 3. The number of carbonyl (C=O) groups excluding carboxylic acids is 1. The first-order valence-corrected chi connectivity index (χ1v) is 12.7. The molecule has 4 rings (SSSR count). The van der Waals surface area contributed by atoms with Crippen LogP contribution < -0.4 is 5.32 Å². The Morgan fingerprint density at radius 2 is 1.39 bits per heavy atom. The third kappa shape index (κ3) is 7.29. The summed E-state index contributed by atoms with van der Waals surface area (Å²) < 4.78 is 27.2. The van der Waals surface area contributed by atoms with Crippen LogP contribution in [0.4, 0.5) is 8.78 Å². The smallest absolute Gasteiger partial charge is 0.136 e. The maximum atomic E-state index is 13.6. The molecule has 1 saturated heterocycles. The minimum absolute atomic E-state index is 0.0487. The Balaban J connectivity index is 1.32. The summed E-state index contributed by atoms with van der Waals surface area (Å²) in [6, 6.07) is 23.1. The molecule has 0 bridgehead atoms. The standard InChI is InChI=1S/C30H35F2N3O/c1-23(19-29(22-36)33-20-24-5-3-2-4-6-24)21-34-15-17-35(18-16-34)30(25-7-11-27(31)12-8-25)26-9-13-28(32)14-10-26/h2-14,22-23,29-30,33H,15-21H2,1H3. The van der Waals surface area contributed by atoms with Gasteiger partial charge in [0.25, 0.3) is 0 Å². The highest BCUT2D eigenvalue weighted by atomic mass is 19.1. The minimum Gasteiger partial charge on any atom is -0.304 e. The Kier molecular flexibility index (Phi) is 9.34. The Bertz CT molecular complexity index is 1020. The van der Waals surface area contributed by atoms with Crippen molar-refractivity contribution in [2.45, 2.75) is 32.0 Å². The second-order valence-electron chi connectivity index (χ2n) is 9.79. The predicted octanol–water partition coefficient (Wildman–Crippen LogP) is 5.06. The van der Waals surface area contributed by atoms with E-state index in [1.54, 1.807) is 0 Å². The van der Waals surface area contributed by atoms with Gasteiger partial charge in [-0.1, -0.05) is 61.5 Å². The van der Waals surface area contributed by atoms with E-state index in [0.717, 1.165) is 56.6 Å². The molecule has 3 aromatic rings. The van der Waals surface area contributed by atoms with Gasteiger partial charge in [0.2, 0.25) is 0 Å². The summed E-state index contributed by atoms with van der Waals surface area (Å²) in [5.41, 5.74) is 3.18. The van der Waals surface area contributed by atoms with Crippen LogP contribution >= 0.6 is 0 Å². The van der Waals surface area contributed by atoms with E-state index in [2.05, 4.69) is 34.2 Å². The molecule has 190 valence electrons. The fourth-order valence-corrected chi connectivity index (χ4v) is 5.09. The maximum Gasteiger partial charge on any atom is 0.136 e. The number of hydrogen-bond acceptors (Lipinski definition) is 4. The first-order valence-electron chi connectivity index (χ1n) is 12.7. The monoisotopic (exact) mass is 491 g/mol. The number of nitrogens with zero attached hydrogens (tertiary/aromatic N) is 2. The van der Waals surface area contributed by atoms with E-state index < -0.39 is 0 Å². The molecular formula is C30H35F2N3O. The maximum absolute atomic E-state index is 13.6. The summed E-state index contributed by atoms with van der Waals surface area (Å²) in [7, 11) is 0. The number of hydrogen-bond donors (Lipinski definition) is 1. The Hall–Kier alpha value is -2.93. The molecule has 0 aromatic heterocycles. The van der Waals surface area contributed by atoms with Crippen molar-refractivity contribution in [3.8, 4) is 0 Å². The molecule has 1 aliphatic rings. The lowest BCUT2D eigenvalue weighted by molar-refractivity contribution is -0.110. The molecule has 0 saturated carbocycles. The van der Waals surface area contributed by atoms with Gasteiger partial charge in [-0.05, 0) is 53.3 Å². The zero-order valence-corrected chi connectivity index (χ0v) is 20.8. The summed E-state index contributed by atoms with van der Waals surface area (Å²) >= 11 is 0. The second kappa shape index (κ2) is 12.9. The number of rotatable bonds is 11. The quantitative estimate of drug-likeness (QED) is 0.381. The van der Waals surface area contributed by atoms with Crippen molar-refractivity contribution in [1.29, 1.82) is 0 Å². The lowest BCUT2D eigenvalue weighted by Gasteiger charge is -2.40. The molecule has 0 radical (unpaired) electrons. The molecule has 36 heavy (non-hydrogen) atoms. The van der Waals surface area contributed by atoms with Crippen molar-refractivity contribution < 1.29 is 13.6 Å². The minimum atomic E-state index is -0.262. The van der Waals surface area contributed by atoms with E-state index in [-0.39, 0.29) is 23.7 Å². The van der Waals surface area contributed by atoms with Gasteiger partial charge in [-0.15, -0.1) is 0 Å². The van der Waals surface area contributed by atoms with Gasteiger partial charge in [-0.25, -0.2) is 8.78 Å². The van der Waals surface area contributed by atoms with Crippen LogP contribution in [0.1, 0.15) is 36.1 Å². The number of carbonyl (C=O) groups is 1. The fraction of sp³-hybridized carbons (Fsp3) is 0.367. The van der Waals surface area contributed by atoms with Gasteiger partial charge in [0.15, 0.2) is 0 Å². The molecule has 0 aliphatic carbocycles. The van der Waals surface area contributed by atoms with Gasteiger partial charge in [-0.3, -0.25) is 4.90 Å². The molecule has 1 fully saturated rings. The highest BCUT2D eigenvalue weighted by Gasteiger charge is 2.27. The highest BCUT2D eigenvalue weighted by molar-refractivity contribution is 5.57. The van der Waals surface area contributed by atoms with Crippen molar-refractivity contribution >= 4 is 6.29 Å². The van der Waals surface area contributed by atoms with E-state index in [1.807, 2.05) is 42.5 Å². The average molecular weight is 492 g/mol. The van der Waals surface area contributed by atoms with E-state index in [0.29, 0.717) is 12.5 Å². The summed E-state index contributed by atoms with van der Waals surface area (Å²) in [5.74, 6) is -0.149. The van der Waals surface area contributed by atoms with Crippen LogP contribution in [0, 0.1) is 17.6 Å². The number of nitrogens with one attached hydrogen (secondary N) is 1. The summed E-state index contributed by atoms with van der Waals surface area (Å²) in [6.07, 6.45) is 1.82. The molecule has 1 N–H and O–H groups in total.